The number of hydrogen-bond donors (Lipinski definition) is 1. The molecule has 0 saturated carbocycles. The van der Waals surface area contributed by atoms with Gasteiger partial charge in [0, 0.05) is 29.5 Å². The van der Waals surface area contributed by atoms with Crippen LogP contribution in [0.25, 0.3) is 10.9 Å². The van der Waals surface area contributed by atoms with Gasteiger partial charge >= 0.3 is 0 Å². The first-order valence-electron chi connectivity index (χ1n) is 13.9. The lowest BCUT2D eigenvalue weighted by Crippen LogP contribution is -2.37. The third-order valence-electron chi connectivity index (χ3n) is 8.35. The fourth-order valence-corrected chi connectivity index (χ4v) is 6.28. The number of para-hydroxylation sites is 1. The number of methoxy groups -OCH3 is 1. The molecule has 6 rings (SSSR count). The van der Waals surface area contributed by atoms with E-state index in [1.54, 1.807) is 7.11 Å². The Morgan fingerprint density at radius 2 is 1.77 bits per heavy atom. The third-order valence-corrected chi connectivity index (χ3v) is 8.35. The van der Waals surface area contributed by atoms with Gasteiger partial charge in [0.2, 0.25) is 5.52 Å². The van der Waals surface area contributed by atoms with Crippen molar-refractivity contribution in [3.63, 3.8) is 0 Å². The van der Waals surface area contributed by atoms with Crippen molar-refractivity contribution in [3.8, 4) is 11.5 Å². The first-order valence-corrected chi connectivity index (χ1v) is 13.9. The summed E-state index contributed by atoms with van der Waals surface area (Å²) in [5.41, 5.74) is 11.1. The van der Waals surface area contributed by atoms with Gasteiger partial charge in [0.1, 0.15) is 5.69 Å². The number of hydrogen-bond acceptors (Lipinski definition) is 5. The molecule has 1 aliphatic heterocycles. The number of Topliss-reactive ketones (excluding diaryl/α,β-unsaturated/α-hetero) is 1. The Labute approximate surface area is 230 Å². The van der Waals surface area contributed by atoms with Crippen molar-refractivity contribution in [2.45, 2.75) is 39.0 Å². The summed E-state index contributed by atoms with van der Waals surface area (Å²) in [5, 5.41) is 1.05. The molecule has 200 valence electrons. The van der Waals surface area contributed by atoms with E-state index in [9.17, 15) is 4.79 Å². The molecule has 2 N–H and O–H groups in total. The minimum absolute atomic E-state index is 0.0397. The molecule has 2 heterocycles. The van der Waals surface area contributed by atoms with E-state index in [4.69, 9.17) is 15.2 Å². The summed E-state index contributed by atoms with van der Waals surface area (Å²) in [5.74, 6) is 2.11. The van der Waals surface area contributed by atoms with Crippen LogP contribution in [0.2, 0.25) is 0 Å². The molecule has 4 aromatic rings. The number of anilines is 1. The van der Waals surface area contributed by atoms with Gasteiger partial charge in [-0.1, -0.05) is 36.4 Å². The van der Waals surface area contributed by atoms with Crippen molar-refractivity contribution in [3.05, 3.63) is 95.7 Å². The van der Waals surface area contributed by atoms with Crippen LogP contribution in [0.15, 0.2) is 79.0 Å². The van der Waals surface area contributed by atoms with Gasteiger partial charge in [0.15, 0.2) is 23.5 Å². The van der Waals surface area contributed by atoms with Gasteiger partial charge in [-0.05, 0) is 86.1 Å². The number of rotatable bonds is 8. The van der Waals surface area contributed by atoms with Crippen LogP contribution in [-0.4, -0.2) is 30.9 Å². The Balaban J connectivity index is 1.11. The summed E-state index contributed by atoms with van der Waals surface area (Å²) in [6.07, 6.45) is 5.98. The highest BCUT2D eigenvalue weighted by atomic mass is 16.5. The molecule has 1 saturated heterocycles. The number of likely N-dealkylation sites (tertiary alicyclic amines) is 1. The zero-order valence-electron chi connectivity index (χ0n) is 22.5. The lowest BCUT2D eigenvalue weighted by Gasteiger charge is -2.32. The van der Waals surface area contributed by atoms with Crippen molar-refractivity contribution in [1.82, 2.24) is 4.90 Å². The van der Waals surface area contributed by atoms with Crippen LogP contribution in [0.3, 0.4) is 0 Å². The number of nitrogens with zero attached hydrogens (tertiary/aromatic N) is 2. The number of carbonyl (C=O) groups excluding carboxylic acids is 1. The first-order chi connectivity index (χ1) is 19.1. The summed E-state index contributed by atoms with van der Waals surface area (Å²) < 4.78 is 13.9. The molecule has 2 aliphatic rings. The van der Waals surface area contributed by atoms with Crippen LogP contribution in [0.4, 0.5) is 5.69 Å². The van der Waals surface area contributed by atoms with E-state index in [0.717, 1.165) is 67.3 Å². The average Bonchev–Trinajstić information content (AvgIpc) is 3.26. The largest absolute Gasteiger partial charge is 0.493 e. The molecule has 0 radical (unpaired) electrons. The molecule has 3 aromatic carbocycles. The minimum atomic E-state index is 0.0397. The first kappa shape index (κ1) is 25.4. The van der Waals surface area contributed by atoms with Crippen molar-refractivity contribution >= 4 is 22.4 Å². The van der Waals surface area contributed by atoms with E-state index in [0.29, 0.717) is 23.1 Å². The highest BCUT2D eigenvalue weighted by Gasteiger charge is 2.34. The lowest BCUT2D eigenvalue weighted by atomic mass is 9.85. The fourth-order valence-electron chi connectivity index (χ4n) is 6.28. The number of aromatic nitrogens is 1. The smallest absolute Gasteiger partial charge is 0.292 e. The van der Waals surface area contributed by atoms with E-state index in [1.807, 2.05) is 53.2 Å². The van der Waals surface area contributed by atoms with Crippen LogP contribution in [0.1, 0.15) is 40.7 Å². The van der Waals surface area contributed by atoms with Crippen molar-refractivity contribution in [2.24, 2.45) is 11.8 Å². The van der Waals surface area contributed by atoms with Crippen LogP contribution >= 0.6 is 0 Å². The molecule has 1 aliphatic carbocycles. The lowest BCUT2D eigenvalue weighted by molar-refractivity contribution is -0.700. The maximum atomic E-state index is 13.5. The molecular formula is C33H36N3O3+. The SMILES string of the molecule is COc1cc2c(cc1OC[n+]1cccc3cccc(N)c31)C(=O)C(CC1CCN(Cc3ccccc3)CC1)C2. The molecule has 0 spiro atoms. The zero-order chi connectivity index (χ0) is 26.8. The summed E-state index contributed by atoms with van der Waals surface area (Å²) in [6, 6.07) is 24.4. The maximum Gasteiger partial charge on any atom is 0.292 e. The summed E-state index contributed by atoms with van der Waals surface area (Å²) >= 11 is 0. The number of nitrogens with two attached hydrogens (primary N) is 1. The quantitative estimate of drug-likeness (QED) is 0.248. The Kier molecular flexibility index (Phi) is 7.20. The standard InChI is InChI=1S/C33H36N3O3/c1-38-30-19-26-18-27(17-23-12-15-35(16-13-23)21-24-7-3-2-4-8-24)33(37)28(26)20-31(30)39-22-36-14-6-10-25-9-5-11-29(34)32(25)36/h2-11,14,19-20,23,27H,12-13,15-18,21-22,34H2,1H3/q+1. The molecule has 1 atom stereocenters. The zero-order valence-corrected chi connectivity index (χ0v) is 22.5. The molecule has 39 heavy (non-hydrogen) atoms. The summed E-state index contributed by atoms with van der Waals surface area (Å²) in [4.78, 5) is 16.0. The highest BCUT2D eigenvalue weighted by Crippen LogP contribution is 2.40. The minimum Gasteiger partial charge on any atom is -0.493 e. The number of ether oxygens (including phenoxy) is 2. The van der Waals surface area contributed by atoms with E-state index in [-0.39, 0.29) is 18.4 Å². The summed E-state index contributed by atoms with van der Waals surface area (Å²) in [7, 11) is 1.65. The van der Waals surface area contributed by atoms with Crippen LogP contribution in [0.5, 0.6) is 11.5 Å². The maximum absolute atomic E-state index is 13.5. The predicted octanol–water partition coefficient (Wildman–Crippen LogP) is 5.41. The summed E-state index contributed by atoms with van der Waals surface area (Å²) in [6.45, 7) is 3.46. The van der Waals surface area contributed by atoms with Crippen LogP contribution in [-0.2, 0) is 19.7 Å². The van der Waals surface area contributed by atoms with Gasteiger partial charge in [-0.15, -0.1) is 0 Å². The number of ketones is 1. The Bertz CT molecular complexity index is 1470. The van der Waals surface area contributed by atoms with Crippen molar-refractivity contribution < 1.29 is 18.8 Å². The molecular weight excluding hydrogens is 486 g/mol. The van der Waals surface area contributed by atoms with Crippen molar-refractivity contribution in [2.75, 3.05) is 25.9 Å². The number of fused-ring (bicyclic) bond motifs is 2. The third kappa shape index (κ3) is 5.34. The molecule has 1 fully saturated rings. The van der Waals surface area contributed by atoms with Crippen LogP contribution in [0, 0.1) is 11.8 Å². The second kappa shape index (κ2) is 11.1. The fraction of sp³-hybridized carbons (Fsp3) is 0.333. The topological polar surface area (TPSA) is 68.7 Å². The Morgan fingerprint density at radius 1 is 0.974 bits per heavy atom. The molecule has 0 amide bonds. The van der Waals surface area contributed by atoms with Gasteiger partial charge in [-0.2, -0.15) is 4.57 Å². The molecule has 1 unspecified atom stereocenters. The van der Waals surface area contributed by atoms with E-state index in [2.05, 4.69) is 35.2 Å². The predicted molar refractivity (Wildman–Crippen MR) is 153 cm³/mol. The molecule has 6 heteroatoms. The van der Waals surface area contributed by atoms with Gasteiger partial charge in [0.05, 0.1) is 7.11 Å². The second-order valence-corrected chi connectivity index (χ2v) is 10.9. The Hall–Kier alpha value is -3.90. The molecule has 6 nitrogen and oxygen atoms in total. The molecule has 0 bridgehead atoms. The van der Waals surface area contributed by atoms with Gasteiger partial charge in [-0.25, -0.2) is 0 Å². The normalized spacial score (nSPS) is 17.9. The molecule has 1 aromatic heterocycles. The Morgan fingerprint density at radius 3 is 2.56 bits per heavy atom. The van der Waals surface area contributed by atoms with E-state index >= 15 is 0 Å². The number of piperidine rings is 1. The van der Waals surface area contributed by atoms with Gasteiger partial charge in [-0.3, -0.25) is 9.69 Å². The van der Waals surface area contributed by atoms with E-state index in [1.165, 1.54) is 5.56 Å². The van der Waals surface area contributed by atoms with Crippen molar-refractivity contribution in [1.29, 1.82) is 0 Å². The highest BCUT2D eigenvalue weighted by molar-refractivity contribution is 6.03. The monoisotopic (exact) mass is 522 g/mol. The van der Waals surface area contributed by atoms with Gasteiger partial charge in [0.25, 0.3) is 6.73 Å². The van der Waals surface area contributed by atoms with Crippen LogP contribution < -0.4 is 19.8 Å². The average molecular weight is 523 g/mol. The number of benzene rings is 3. The van der Waals surface area contributed by atoms with Gasteiger partial charge < -0.3 is 15.2 Å². The number of nitrogen functional groups attached to an aromatic ring is 1. The number of pyridine rings is 1. The van der Waals surface area contributed by atoms with E-state index < -0.39 is 0 Å². The second-order valence-electron chi connectivity index (χ2n) is 10.9. The number of carbonyl (C=O) groups is 1.